The topological polar surface area (TPSA) is 52.6 Å². The second kappa shape index (κ2) is 5.93. The van der Waals surface area contributed by atoms with Crippen LogP contribution in [0.5, 0.6) is 0 Å². The second-order valence-corrected chi connectivity index (χ2v) is 4.59. The van der Waals surface area contributed by atoms with Crippen molar-refractivity contribution >= 4 is 5.97 Å². The fraction of sp³-hybridized carbons (Fsp3) is 0.462. The molecule has 1 aromatic carbocycles. The van der Waals surface area contributed by atoms with Gasteiger partial charge >= 0.3 is 5.97 Å². The molecule has 0 aromatic heterocycles. The number of carbonyl (C=O) groups is 1. The molecule has 5 heteroatoms. The lowest BCUT2D eigenvalue weighted by molar-refractivity contribution is -0.136. The largest absolute Gasteiger partial charge is 0.480 e. The summed E-state index contributed by atoms with van der Waals surface area (Å²) in [5.41, 5.74) is 0.691. The van der Waals surface area contributed by atoms with Crippen molar-refractivity contribution in [2.45, 2.75) is 19.0 Å². The fourth-order valence-electron chi connectivity index (χ4n) is 2.24. The van der Waals surface area contributed by atoms with Crippen molar-refractivity contribution in [1.29, 1.82) is 0 Å². The van der Waals surface area contributed by atoms with Gasteiger partial charge in [-0.15, -0.1) is 0 Å². The number of halogens is 1. The third-order valence-corrected chi connectivity index (χ3v) is 3.17. The normalized spacial score (nSPS) is 20.2. The fourth-order valence-corrected chi connectivity index (χ4v) is 2.24. The van der Waals surface area contributed by atoms with Gasteiger partial charge in [0.2, 0.25) is 0 Å². The Morgan fingerprint density at radius 3 is 3.00 bits per heavy atom. The quantitative estimate of drug-likeness (QED) is 0.823. The molecular formula is C13H17FN2O2. The van der Waals surface area contributed by atoms with Crippen LogP contribution in [-0.2, 0) is 11.3 Å². The van der Waals surface area contributed by atoms with Crippen molar-refractivity contribution in [2.75, 3.05) is 19.6 Å². The molecule has 1 saturated heterocycles. The van der Waals surface area contributed by atoms with Crippen molar-refractivity contribution < 1.29 is 14.3 Å². The molecule has 1 aliphatic heterocycles. The molecule has 1 heterocycles. The molecule has 18 heavy (non-hydrogen) atoms. The number of aliphatic carboxylic acids is 1. The van der Waals surface area contributed by atoms with Crippen molar-refractivity contribution in [3.63, 3.8) is 0 Å². The van der Waals surface area contributed by atoms with Gasteiger partial charge in [-0.1, -0.05) is 18.2 Å². The average molecular weight is 252 g/mol. The van der Waals surface area contributed by atoms with Crippen LogP contribution in [0.1, 0.15) is 12.0 Å². The zero-order chi connectivity index (χ0) is 13.0. The van der Waals surface area contributed by atoms with Crippen LogP contribution in [-0.4, -0.2) is 41.7 Å². The molecule has 2 N–H and O–H groups in total. The monoisotopic (exact) mass is 252 g/mol. The zero-order valence-corrected chi connectivity index (χ0v) is 10.1. The molecular weight excluding hydrogens is 235 g/mol. The SMILES string of the molecule is O=C(O)CNC1CCN(Cc2ccccc2F)C1. The highest BCUT2D eigenvalue weighted by atomic mass is 19.1. The maximum Gasteiger partial charge on any atom is 0.317 e. The van der Waals surface area contributed by atoms with E-state index in [1.807, 2.05) is 6.07 Å². The van der Waals surface area contributed by atoms with Crippen LogP contribution in [0, 0.1) is 5.82 Å². The summed E-state index contributed by atoms with van der Waals surface area (Å²) in [5.74, 6) is -1.03. The van der Waals surface area contributed by atoms with Gasteiger partial charge in [0.05, 0.1) is 6.54 Å². The molecule has 0 amide bonds. The highest BCUT2D eigenvalue weighted by Gasteiger charge is 2.23. The van der Waals surface area contributed by atoms with Crippen LogP contribution in [0.25, 0.3) is 0 Å². The molecule has 98 valence electrons. The predicted octanol–water partition coefficient (Wildman–Crippen LogP) is 1.07. The van der Waals surface area contributed by atoms with E-state index >= 15 is 0 Å². The Morgan fingerprint density at radius 2 is 2.28 bits per heavy atom. The Labute approximate surface area is 105 Å². The van der Waals surface area contributed by atoms with Gasteiger partial charge in [-0.25, -0.2) is 4.39 Å². The van der Waals surface area contributed by atoms with Crippen LogP contribution >= 0.6 is 0 Å². The molecule has 1 aromatic rings. The summed E-state index contributed by atoms with van der Waals surface area (Å²) in [5, 5.41) is 11.6. The highest BCUT2D eigenvalue weighted by Crippen LogP contribution is 2.15. The van der Waals surface area contributed by atoms with Crippen molar-refractivity contribution in [3.05, 3.63) is 35.6 Å². The Hall–Kier alpha value is -1.46. The minimum absolute atomic E-state index is 0.0157. The van der Waals surface area contributed by atoms with E-state index in [1.54, 1.807) is 12.1 Å². The molecule has 2 rings (SSSR count). The lowest BCUT2D eigenvalue weighted by Crippen LogP contribution is -2.35. The van der Waals surface area contributed by atoms with Gasteiger partial charge in [0, 0.05) is 31.2 Å². The van der Waals surface area contributed by atoms with Crippen LogP contribution in [0.3, 0.4) is 0 Å². The van der Waals surface area contributed by atoms with E-state index in [0.29, 0.717) is 12.1 Å². The summed E-state index contributed by atoms with van der Waals surface area (Å²) >= 11 is 0. The predicted molar refractivity (Wildman–Crippen MR) is 65.7 cm³/mol. The van der Waals surface area contributed by atoms with Crippen LogP contribution in [0.15, 0.2) is 24.3 Å². The van der Waals surface area contributed by atoms with E-state index in [2.05, 4.69) is 10.2 Å². The van der Waals surface area contributed by atoms with Gasteiger partial charge in [-0.05, 0) is 12.5 Å². The molecule has 4 nitrogen and oxygen atoms in total. The minimum Gasteiger partial charge on any atom is -0.480 e. The Morgan fingerprint density at radius 1 is 1.50 bits per heavy atom. The molecule has 1 aliphatic rings. The number of likely N-dealkylation sites (tertiary alicyclic amines) is 1. The number of nitrogens with zero attached hydrogens (tertiary/aromatic N) is 1. The van der Waals surface area contributed by atoms with Crippen LogP contribution in [0.2, 0.25) is 0 Å². The van der Waals surface area contributed by atoms with E-state index in [9.17, 15) is 9.18 Å². The van der Waals surface area contributed by atoms with Crippen molar-refractivity contribution in [2.24, 2.45) is 0 Å². The summed E-state index contributed by atoms with van der Waals surface area (Å²) in [6, 6.07) is 6.95. The molecule has 0 saturated carbocycles. The molecule has 1 unspecified atom stereocenters. The number of carboxylic acids is 1. The summed E-state index contributed by atoms with van der Waals surface area (Å²) in [6.45, 7) is 2.20. The molecule has 0 aliphatic carbocycles. The zero-order valence-electron chi connectivity index (χ0n) is 10.1. The average Bonchev–Trinajstić information content (AvgIpc) is 2.77. The van der Waals surface area contributed by atoms with Gasteiger partial charge < -0.3 is 10.4 Å². The molecule has 0 spiro atoms. The molecule has 1 fully saturated rings. The first kappa shape index (κ1) is 13.0. The van der Waals surface area contributed by atoms with E-state index < -0.39 is 5.97 Å². The van der Waals surface area contributed by atoms with E-state index in [1.165, 1.54) is 6.07 Å². The number of hydrogen-bond acceptors (Lipinski definition) is 3. The molecule has 0 bridgehead atoms. The number of carboxylic acid groups (broad SMARTS) is 1. The smallest absolute Gasteiger partial charge is 0.317 e. The van der Waals surface area contributed by atoms with E-state index in [0.717, 1.165) is 19.5 Å². The van der Waals surface area contributed by atoms with E-state index in [4.69, 9.17) is 5.11 Å². The number of nitrogens with one attached hydrogen (secondary N) is 1. The third kappa shape index (κ3) is 3.51. The lowest BCUT2D eigenvalue weighted by Gasteiger charge is -2.16. The number of benzene rings is 1. The van der Waals surface area contributed by atoms with Gasteiger partial charge in [0.25, 0.3) is 0 Å². The first-order chi connectivity index (χ1) is 8.65. The van der Waals surface area contributed by atoms with Crippen LogP contribution in [0.4, 0.5) is 4.39 Å². The summed E-state index contributed by atoms with van der Waals surface area (Å²) in [7, 11) is 0. The highest BCUT2D eigenvalue weighted by molar-refractivity contribution is 5.69. The van der Waals surface area contributed by atoms with Gasteiger partial charge in [0.15, 0.2) is 0 Å². The lowest BCUT2D eigenvalue weighted by atomic mass is 10.2. The molecule has 1 atom stereocenters. The van der Waals surface area contributed by atoms with Crippen molar-refractivity contribution in [1.82, 2.24) is 10.2 Å². The van der Waals surface area contributed by atoms with Gasteiger partial charge in [0.1, 0.15) is 5.82 Å². The maximum atomic E-state index is 13.5. The number of hydrogen-bond donors (Lipinski definition) is 2. The third-order valence-electron chi connectivity index (χ3n) is 3.17. The summed E-state index contributed by atoms with van der Waals surface area (Å²) in [6.07, 6.45) is 0.904. The second-order valence-electron chi connectivity index (χ2n) is 4.59. The van der Waals surface area contributed by atoms with Crippen molar-refractivity contribution in [3.8, 4) is 0 Å². The minimum atomic E-state index is -0.845. The standard InChI is InChI=1S/C13H17FN2O2/c14-12-4-2-1-3-10(12)8-16-6-5-11(9-16)15-7-13(17)18/h1-4,11,15H,5-9H2,(H,17,18). The summed E-state index contributed by atoms with van der Waals surface area (Å²) < 4.78 is 13.5. The summed E-state index contributed by atoms with van der Waals surface area (Å²) in [4.78, 5) is 12.6. The van der Waals surface area contributed by atoms with Crippen LogP contribution < -0.4 is 5.32 Å². The Balaban J connectivity index is 1.83. The van der Waals surface area contributed by atoms with E-state index in [-0.39, 0.29) is 18.4 Å². The van der Waals surface area contributed by atoms with Gasteiger partial charge in [-0.2, -0.15) is 0 Å². The molecule has 0 radical (unpaired) electrons. The number of rotatable bonds is 5. The first-order valence-corrected chi connectivity index (χ1v) is 6.06. The Bertz CT molecular complexity index is 425. The Kier molecular flexibility index (Phi) is 4.28. The van der Waals surface area contributed by atoms with Gasteiger partial charge in [-0.3, -0.25) is 9.69 Å². The first-order valence-electron chi connectivity index (χ1n) is 6.06. The maximum absolute atomic E-state index is 13.5.